The van der Waals surface area contributed by atoms with Crippen LogP contribution in [0.25, 0.3) is 10.8 Å². The number of benzene rings is 3. The van der Waals surface area contributed by atoms with Crippen molar-refractivity contribution in [3.8, 4) is 0 Å². The highest BCUT2D eigenvalue weighted by atomic mass is 32.2. The second-order valence-corrected chi connectivity index (χ2v) is 12.5. The highest BCUT2D eigenvalue weighted by Gasteiger charge is 2.75. The first-order valence-electron chi connectivity index (χ1n) is 13.7. The van der Waals surface area contributed by atoms with Crippen molar-refractivity contribution in [3.05, 3.63) is 72.8 Å². The number of thioether (sulfide) groups is 1. The minimum absolute atomic E-state index is 0.0202. The fourth-order valence-electron chi connectivity index (χ4n) is 6.98. The molecule has 3 fully saturated rings. The molecule has 3 aromatic carbocycles. The summed E-state index contributed by atoms with van der Waals surface area (Å²) in [6.45, 7) is 2.52. The maximum atomic E-state index is 14.1. The van der Waals surface area contributed by atoms with Crippen LogP contribution in [0.3, 0.4) is 0 Å². The van der Waals surface area contributed by atoms with E-state index in [4.69, 9.17) is 0 Å². The third-order valence-electron chi connectivity index (χ3n) is 8.66. The third kappa shape index (κ3) is 4.30. The van der Waals surface area contributed by atoms with Crippen LogP contribution in [0.5, 0.6) is 0 Å². The summed E-state index contributed by atoms with van der Waals surface area (Å²) in [4.78, 5) is 43.5. The Labute approximate surface area is 232 Å². The number of nitrogens with one attached hydrogen (secondary N) is 2. The van der Waals surface area contributed by atoms with Gasteiger partial charge in [-0.15, -0.1) is 11.8 Å². The molecule has 0 saturated carbocycles. The minimum Gasteiger partial charge on any atom is -0.396 e. The first-order valence-corrected chi connectivity index (χ1v) is 14.6. The van der Waals surface area contributed by atoms with Gasteiger partial charge in [-0.05, 0) is 60.2 Å². The summed E-state index contributed by atoms with van der Waals surface area (Å²) in [5, 5.41) is 17.6. The lowest BCUT2D eigenvalue weighted by Crippen LogP contribution is -2.54. The molecule has 3 heterocycles. The lowest BCUT2D eigenvalue weighted by atomic mass is 9.66. The van der Waals surface area contributed by atoms with Crippen LogP contribution in [0, 0.1) is 17.8 Å². The van der Waals surface area contributed by atoms with E-state index in [1.54, 1.807) is 16.7 Å². The molecule has 0 aliphatic carbocycles. The summed E-state index contributed by atoms with van der Waals surface area (Å²) in [6.07, 6.45) is 1.92. The number of aliphatic hydroxyl groups excluding tert-OH is 1. The number of likely N-dealkylation sites (tertiary alicyclic amines) is 1. The monoisotopic (exact) mass is 543 g/mol. The summed E-state index contributed by atoms with van der Waals surface area (Å²) in [7, 11) is 0. The Morgan fingerprint density at radius 2 is 1.67 bits per heavy atom. The number of rotatable bonds is 8. The second-order valence-electron chi connectivity index (χ2n) is 10.9. The van der Waals surface area contributed by atoms with Crippen molar-refractivity contribution in [3.63, 3.8) is 0 Å². The molecule has 3 aliphatic heterocycles. The summed E-state index contributed by atoms with van der Waals surface area (Å²) in [6, 6.07) is 22.4. The van der Waals surface area contributed by atoms with Gasteiger partial charge in [0.15, 0.2) is 0 Å². The number of fused-ring (bicyclic) bond motifs is 2. The lowest BCUT2D eigenvalue weighted by molar-refractivity contribution is -0.138. The van der Waals surface area contributed by atoms with E-state index in [-0.39, 0.29) is 35.5 Å². The zero-order chi connectivity index (χ0) is 27.1. The number of nitrogens with zero attached hydrogens (tertiary/aromatic N) is 1. The number of amides is 3. The molecule has 202 valence electrons. The molecule has 39 heavy (non-hydrogen) atoms. The maximum absolute atomic E-state index is 14.1. The van der Waals surface area contributed by atoms with E-state index >= 15 is 0 Å². The van der Waals surface area contributed by atoms with Crippen molar-refractivity contribution in [2.24, 2.45) is 17.8 Å². The fraction of sp³-hybridized carbons (Fsp3) is 0.387. The third-order valence-corrected chi connectivity index (χ3v) is 10.7. The second kappa shape index (κ2) is 10.3. The number of aliphatic hydroxyl groups is 1. The van der Waals surface area contributed by atoms with Gasteiger partial charge in [0.2, 0.25) is 17.7 Å². The average Bonchev–Trinajstić information content (AvgIpc) is 3.53. The quantitative estimate of drug-likeness (QED) is 0.363. The normalized spacial score (nSPS) is 29.0. The number of hydrogen-bond acceptors (Lipinski definition) is 5. The molecule has 2 bridgehead atoms. The summed E-state index contributed by atoms with van der Waals surface area (Å²) < 4.78 is -0.680. The summed E-state index contributed by atoms with van der Waals surface area (Å²) >= 11 is 1.67. The van der Waals surface area contributed by atoms with Gasteiger partial charge in [0.25, 0.3) is 0 Å². The van der Waals surface area contributed by atoms with Gasteiger partial charge >= 0.3 is 0 Å². The lowest BCUT2D eigenvalue weighted by Gasteiger charge is -2.38. The molecule has 6 rings (SSSR count). The van der Waals surface area contributed by atoms with E-state index in [2.05, 4.69) is 17.6 Å². The Morgan fingerprint density at radius 3 is 2.44 bits per heavy atom. The molecule has 3 aliphatic rings. The van der Waals surface area contributed by atoms with E-state index in [0.29, 0.717) is 30.8 Å². The SMILES string of the molecule is CC1C[C@H]2SC13C(C(=O)Nc1ccc4ccccc4c1)N(CCCCO)C(=O)[C@@H]3[C@H]2C(=O)Nc1ccccc1. The van der Waals surface area contributed by atoms with Crippen LogP contribution in [0.4, 0.5) is 11.4 Å². The van der Waals surface area contributed by atoms with Gasteiger partial charge in [-0.2, -0.15) is 0 Å². The van der Waals surface area contributed by atoms with Crippen LogP contribution in [0.15, 0.2) is 72.8 Å². The number of carbonyl (C=O) groups excluding carboxylic acids is 3. The molecular formula is C31H33N3O4S. The van der Waals surface area contributed by atoms with Crippen LogP contribution in [0.1, 0.15) is 26.2 Å². The zero-order valence-electron chi connectivity index (χ0n) is 21.9. The Hall–Kier alpha value is -3.36. The van der Waals surface area contributed by atoms with Crippen molar-refractivity contribution in [1.82, 2.24) is 4.90 Å². The zero-order valence-corrected chi connectivity index (χ0v) is 22.7. The predicted octanol–water partition coefficient (Wildman–Crippen LogP) is 4.53. The van der Waals surface area contributed by atoms with Gasteiger partial charge in [0.05, 0.1) is 16.6 Å². The summed E-state index contributed by atoms with van der Waals surface area (Å²) in [5.41, 5.74) is 1.39. The van der Waals surface area contributed by atoms with Crippen LogP contribution in [-0.4, -0.2) is 56.9 Å². The minimum atomic E-state index is -0.695. The average molecular weight is 544 g/mol. The highest BCUT2D eigenvalue weighted by Crippen LogP contribution is 2.68. The molecule has 1 spiro atoms. The number of carbonyl (C=O) groups is 3. The molecule has 6 atom stereocenters. The molecular weight excluding hydrogens is 510 g/mol. The van der Waals surface area contributed by atoms with Gasteiger partial charge in [-0.1, -0.05) is 55.5 Å². The van der Waals surface area contributed by atoms with Gasteiger partial charge in [-0.25, -0.2) is 0 Å². The molecule has 0 aromatic heterocycles. The number of unbranched alkanes of at least 4 members (excludes halogenated alkanes) is 1. The van der Waals surface area contributed by atoms with E-state index < -0.39 is 22.6 Å². The Morgan fingerprint density at radius 1 is 0.949 bits per heavy atom. The Kier molecular flexibility index (Phi) is 6.85. The Bertz CT molecular complexity index is 1420. The van der Waals surface area contributed by atoms with Crippen molar-refractivity contribution in [2.45, 2.75) is 42.2 Å². The van der Waals surface area contributed by atoms with E-state index in [0.717, 1.165) is 17.2 Å². The van der Waals surface area contributed by atoms with Crippen molar-refractivity contribution < 1.29 is 19.5 Å². The van der Waals surface area contributed by atoms with Gasteiger partial charge in [0, 0.05) is 29.8 Å². The molecule has 3 N–H and O–H groups in total. The molecule has 3 saturated heterocycles. The largest absolute Gasteiger partial charge is 0.396 e. The number of para-hydroxylation sites is 1. The smallest absolute Gasteiger partial charge is 0.248 e. The Balaban J connectivity index is 1.33. The van der Waals surface area contributed by atoms with Crippen LogP contribution < -0.4 is 10.6 Å². The molecule has 7 nitrogen and oxygen atoms in total. The molecule has 3 aromatic rings. The van der Waals surface area contributed by atoms with E-state index in [1.807, 2.05) is 72.8 Å². The molecule has 3 amide bonds. The van der Waals surface area contributed by atoms with E-state index in [1.165, 1.54) is 0 Å². The van der Waals surface area contributed by atoms with Gasteiger partial charge < -0.3 is 20.6 Å². The highest BCUT2D eigenvalue weighted by molar-refractivity contribution is 8.02. The van der Waals surface area contributed by atoms with E-state index in [9.17, 15) is 19.5 Å². The fourth-order valence-corrected chi connectivity index (χ4v) is 9.40. The predicted molar refractivity (Wildman–Crippen MR) is 154 cm³/mol. The van der Waals surface area contributed by atoms with Gasteiger partial charge in [-0.3, -0.25) is 14.4 Å². The number of hydrogen-bond donors (Lipinski definition) is 3. The standard InChI is InChI=1S/C31H33N3O4S/c1-19-17-24-25(28(36)32-22-11-3-2-4-12-22)26-30(38)34(15-7-8-16-35)27(31(19,26)39-24)29(37)33-23-14-13-20-9-5-6-10-21(20)18-23/h2-6,9-14,18-19,24-27,35H,7-8,15-17H2,1H3,(H,32,36)(H,33,37)/t19?,24-,25+,26+,27?,31?/m1/s1. The van der Waals surface area contributed by atoms with Crippen LogP contribution >= 0.6 is 11.8 Å². The van der Waals surface area contributed by atoms with Crippen molar-refractivity contribution >= 4 is 51.6 Å². The van der Waals surface area contributed by atoms with Crippen LogP contribution in [0.2, 0.25) is 0 Å². The first kappa shape index (κ1) is 25.9. The summed E-state index contributed by atoms with van der Waals surface area (Å²) in [5.74, 6) is -1.47. The topological polar surface area (TPSA) is 98.7 Å². The van der Waals surface area contributed by atoms with Crippen LogP contribution in [-0.2, 0) is 14.4 Å². The van der Waals surface area contributed by atoms with Crippen molar-refractivity contribution in [2.75, 3.05) is 23.8 Å². The first-order chi connectivity index (χ1) is 18.9. The molecule has 3 unspecified atom stereocenters. The maximum Gasteiger partial charge on any atom is 0.248 e. The molecule has 0 radical (unpaired) electrons. The van der Waals surface area contributed by atoms with Gasteiger partial charge in [0.1, 0.15) is 6.04 Å². The van der Waals surface area contributed by atoms with Crippen molar-refractivity contribution in [1.29, 1.82) is 0 Å². The number of anilines is 2. The molecule has 8 heteroatoms.